The van der Waals surface area contributed by atoms with E-state index < -0.39 is 0 Å². The average Bonchev–Trinajstić information content (AvgIpc) is 2.25. The Morgan fingerprint density at radius 2 is 1.69 bits per heavy atom. The van der Waals surface area contributed by atoms with Crippen LogP contribution in [0, 0.1) is 0 Å². The number of hydrogen-bond donors (Lipinski definition) is 0. The average molecular weight is 287 g/mol. The molecule has 1 heterocycles. The molecule has 0 radical (unpaired) electrons. The van der Waals surface area contributed by atoms with E-state index in [9.17, 15) is 0 Å². The van der Waals surface area contributed by atoms with Gasteiger partial charge in [-0.2, -0.15) is 0 Å². The molecule has 16 heavy (non-hydrogen) atoms. The van der Waals surface area contributed by atoms with Crippen molar-refractivity contribution in [2.45, 2.75) is 39.2 Å². The highest BCUT2D eigenvalue weighted by molar-refractivity contribution is 5.41. The van der Waals surface area contributed by atoms with E-state index in [0.717, 1.165) is 6.54 Å². The second-order valence-corrected chi connectivity index (χ2v) is 4.25. The molecular formula is C13H23BrN2. The summed E-state index contributed by atoms with van der Waals surface area (Å²) in [5.74, 6) is 0. The molecule has 0 saturated heterocycles. The van der Waals surface area contributed by atoms with Gasteiger partial charge < -0.3 is 21.9 Å². The molecule has 92 valence electrons. The monoisotopic (exact) mass is 286 g/mol. The zero-order chi connectivity index (χ0) is 11.1. The molecule has 1 aromatic heterocycles. The van der Waals surface area contributed by atoms with Crippen LogP contribution in [0.3, 0.4) is 0 Å². The number of nitrogens with zero attached hydrogens (tertiary/aromatic N) is 2. The van der Waals surface area contributed by atoms with Gasteiger partial charge in [-0.3, -0.25) is 0 Å². The number of pyridine rings is 1. The van der Waals surface area contributed by atoms with Gasteiger partial charge in [0.05, 0.1) is 0 Å². The largest absolute Gasteiger partial charge is 1.00 e. The predicted octanol–water partition coefficient (Wildman–Crippen LogP) is -0.376. The SMILES string of the molecule is CCCCCC[n+]1ccc(N(C)C)cc1.[Br-]. The molecule has 0 fully saturated rings. The second-order valence-electron chi connectivity index (χ2n) is 4.25. The van der Waals surface area contributed by atoms with Crippen LogP contribution >= 0.6 is 0 Å². The van der Waals surface area contributed by atoms with Crippen molar-refractivity contribution >= 4 is 5.69 Å². The van der Waals surface area contributed by atoms with Crippen molar-refractivity contribution in [3.05, 3.63) is 24.5 Å². The first-order valence-electron chi connectivity index (χ1n) is 5.90. The van der Waals surface area contributed by atoms with Crippen LogP contribution in [-0.4, -0.2) is 14.1 Å². The number of rotatable bonds is 6. The Hall–Kier alpha value is -0.570. The van der Waals surface area contributed by atoms with E-state index >= 15 is 0 Å². The molecule has 2 nitrogen and oxygen atoms in total. The van der Waals surface area contributed by atoms with Crippen LogP contribution < -0.4 is 26.4 Å². The Morgan fingerprint density at radius 1 is 1.06 bits per heavy atom. The number of aromatic nitrogens is 1. The van der Waals surface area contributed by atoms with Crippen molar-refractivity contribution in [2.24, 2.45) is 0 Å². The van der Waals surface area contributed by atoms with Crippen molar-refractivity contribution in [1.82, 2.24) is 0 Å². The van der Waals surface area contributed by atoms with Gasteiger partial charge in [0.2, 0.25) is 0 Å². The quantitative estimate of drug-likeness (QED) is 0.511. The molecular weight excluding hydrogens is 264 g/mol. The lowest BCUT2D eigenvalue weighted by Gasteiger charge is -2.10. The molecule has 0 aliphatic rings. The van der Waals surface area contributed by atoms with Gasteiger partial charge in [0.15, 0.2) is 12.4 Å². The fourth-order valence-corrected chi connectivity index (χ4v) is 1.62. The zero-order valence-electron chi connectivity index (χ0n) is 10.6. The molecule has 0 saturated carbocycles. The van der Waals surface area contributed by atoms with E-state index in [4.69, 9.17) is 0 Å². The lowest BCUT2D eigenvalue weighted by molar-refractivity contribution is -0.697. The molecule has 0 aliphatic heterocycles. The molecule has 0 aliphatic carbocycles. The molecule has 3 heteroatoms. The maximum absolute atomic E-state index is 2.27. The second kappa shape index (κ2) is 8.57. The van der Waals surface area contributed by atoms with Gasteiger partial charge in [-0.1, -0.05) is 19.8 Å². The van der Waals surface area contributed by atoms with Crippen molar-refractivity contribution in [3.8, 4) is 0 Å². The number of unbranched alkanes of at least 4 members (excludes halogenated alkanes) is 3. The highest BCUT2D eigenvalue weighted by Crippen LogP contribution is 2.06. The van der Waals surface area contributed by atoms with Crippen LogP contribution in [0.1, 0.15) is 32.6 Å². The molecule has 0 spiro atoms. The van der Waals surface area contributed by atoms with Crippen molar-refractivity contribution in [3.63, 3.8) is 0 Å². The summed E-state index contributed by atoms with van der Waals surface area (Å²) in [7, 11) is 4.14. The third-order valence-electron chi connectivity index (χ3n) is 2.66. The van der Waals surface area contributed by atoms with Gasteiger partial charge in [-0.15, -0.1) is 0 Å². The summed E-state index contributed by atoms with van der Waals surface area (Å²) in [6, 6.07) is 4.33. The Labute approximate surface area is 110 Å². The van der Waals surface area contributed by atoms with Crippen LogP contribution in [0.15, 0.2) is 24.5 Å². The highest BCUT2D eigenvalue weighted by Gasteiger charge is 2.01. The molecule has 0 N–H and O–H groups in total. The minimum Gasteiger partial charge on any atom is -1.00 e. The fraction of sp³-hybridized carbons (Fsp3) is 0.615. The van der Waals surface area contributed by atoms with Crippen molar-refractivity contribution in [1.29, 1.82) is 0 Å². The van der Waals surface area contributed by atoms with Crippen LogP contribution in [-0.2, 0) is 6.54 Å². The molecule has 0 atom stereocenters. The van der Waals surface area contributed by atoms with E-state index in [1.807, 2.05) is 0 Å². The third kappa shape index (κ3) is 5.50. The minimum absolute atomic E-state index is 0. The summed E-state index contributed by atoms with van der Waals surface area (Å²) >= 11 is 0. The number of hydrogen-bond acceptors (Lipinski definition) is 1. The minimum atomic E-state index is 0. The lowest BCUT2D eigenvalue weighted by Crippen LogP contribution is -3.00. The van der Waals surface area contributed by atoms with Gasteiger partial charge in [0, 0.05) is 38.3 Å². The summed E-state index contributed by atoms with van der Waals surface area (Å²) in [5.41, 5.74) is 1.26. The number of aryl methyl sites for hydroxylation is 1. The molecule has 1 rings (SSSR count). The topological polar surface area (TPSA) is 7.12 Å². The molecule has 0 aromatic carbocycles. The van der Waals surface area contributed by atoms with E-state index in [0.29, 0.717) is 0 Å². The normalized spacial score (nSPS) is 9.69. The maximum Gasteiger partial charge on any atom is 0.170 e. The Kier molecular flexibility index (Phi) is 8.26. The maximum atomic E-state index is 2.27. The number of anilines is 1. The zero-order valence-corrected chi connectivity index (χ0v) is 12.2. The van der Waals surface area contributed by atoms with Gasteiger partial charge in [-0.25, -0.2) is 4.57 Å². The molecule has 0 amide bonds. The van der Waals surface area contributed by atoms with Crippen molar-refractivity contribution in [2.75, 3.05) is 19.0 Å². The highest BCUT2D eigenvalue weighted by atomic mass is 79.9. The molecule has 0 unspecified atom stereocenters. The van der Waals surface area contributed by atoms with Gasteiger partial charge in [0.25, 0.3) is 0 Å². The Balaban J connectivity index is 0.00000225. The summed E-state index contributed by atoms with van der Waals surface area (Å²) in [4.78, 5) is 2.13. The summed E-state index contributed by atoms with van der Waals surface area (Å²) in [6.07, 6.45) is 9.64. The van der Waals surface area contributed by atoms with Crippen molar-refractivity contribution < 1.29 is 21.5 Å². The summed E-state index contributed by atoms with van der Waals surface area (Å²) in [6.45, 7) is 3.40. The number of halogens is 1. The first-order valence-corrected chi connectivity index (χ1v) is 5.90. The van der Waals surface area contributed by atoms with Gasteiger partial charge in [0.1, 0.15) is 6.54 Å². The van der Waals surface area contributed by atoms with Crippen LogP contribution in [0.5, 0.6) is 0 Å². The molecule has 1 aromatic rings. The standard InChI is InChI=1S/C13H23N2.BrH/c1-4-5-6-7-10-15-11-8-13(9-12-15)14(2)3;/h8-9,11-12H,4-7,10H2,1-3H3;1H/q+1;/p-1. The third-order valence-corrected chi connectivity index (χ3v) is 2.66. The van der Waals surface area contributed by atoms with E-state index in [2.05, 4.69) is 55.0 Å². The van der Waals surface area contributed by atoms with Gasteiger partial charge in [-0.05, 0) is 6.42 Å². The van der Waals surface area contributed by atoms with Crippen LogP contribution in [0.2, 0.25) is 0 Å². The van der Waals surface area contributed by atoms with E-state index in [1.165, 1.54) is 31.4 Å². The van der Waals surface area contributed by atoms with Crippen LogP contribution in [0.25, 0.3) is 0 Å². The fourth-order valence-electron chi connectivity index (χ4n) is 1.62. The first kappa shape index (κ1) is 15.4. The Bertz CT molecular complexity index is 270. The summed E-state index contributed by atoms with van der Waals surface area (Å²) in [5, 5.41) is 0. The Morgan fingerprint density at radius 3 is 2.19 bits per heavy atom. The molecule has 0 bridgehead atoms. The van der Waals surface area contributed by atoms with Gasteiger partial charge >= 0.3 is 0 Å². The summed E-state index contributed by atoms with van der Waals surface area (Å²) < 4.78 is 2.27. The lowest BCUT2D eigenvalue weighted by atomic mass is 10.2. The first-order chi connectivity index (χ1) is 7.24. The van der Waals surface area contributed by atoms with Crippen LogP contribution in [0.4, 0.5) is 5.69 Å². The smallest absolute Gasteiger partial charge is 0.170 e. The van der Waals surface area contributed by atoms with E-state index in [1.54, 1.807) is 0 Å². The van der Waals surface area contributed by atoms with E-state index in [-0.39, 0.29) is 17.0 Å². The predicted molar refractivity (Wildman–Crippen MR) is 65.1 cm³/mol.